The molecule has 0 aromatic heterocycles. The van der Waals surface area contributed by atoms with Gasteiger partial charge in [-0.2, -0.15) is 15.0 Å². The van der Waals surface area contributed by atoms with Crippen molar-refractivity contribution in [2.75, 3.05) is 13.2 Å². The summed E-state index contributed by atoms with van der Waals surface area (Å²) in [6.45, 7) is 0.240. The van der Waals surface area contributed by atoms with E-state index in [9.17, 15) is 33.6 Å². The number of carbonyl (C=O) groups is 4. The van der Waals surface area contributed by atoms with E-state index in [4.69, 9.17) is 14.2 Å². The Labute approximate surface area is 293 Å². The standard InChI is InChI=1S/C37H36N4O10/c42-24-38-29-13-9-27(10-14-29)23-33(37(48)50-22-6-2-4-8-35(46)51-32-19-17-31(18-20-32)40-26-44)41-34(45)7-3-1-5-21-49-36(47)28-11-15-30(16-12-28)39-25-43/h9-20,33H,1-8,21-23H2,(H,41,45). The third kappa shape index (κ3) is 15.2. The molecule has 51 heavy (non-hydrogen) atoms. The fourth-order valence-corrected chi connectivity index (χ4v) is 4.64. The number of amides is 1. The van der Waals surface area contributed by atoms with Crippen LogP contribution in [0.25, 0.3) is 0 Å². The minimum absolute atomic E-state index is 0.0848. The number of esters is 3. The zero-order chi connectivity index (χ0) is 36.7. The zero-order valence-corrected chi connectivity index (χ0v) is 27.7. The highest BCUT2D eigenvalue weighted by molar-refractivity contribution is 5.89. The molecule has 0 heterocycles. The van der Waals surface area contributed by atoms with Crippen molar-refractivity contribution >= 4 is 59.1 Å². The van der Waals surface area contributed by atoms with Gasteiger partial charge < -0.3 is 19.5 Å². The average Bonchev–Trinajstić information content (AvgIpc) is 3.13. The number of unbranched alkanes of at least 4 members (excludes halogenated alkanes) is 4. The lowest BCUT2D eigenvalue weighted by Crippen LogP contribution is -2.43. The van der Waals surface area contributed by atoms with E-state index < -0.39 is 23.9 Å². The number of ether oxygens (including phenoxy) is 3. The molecule has 0 aliphatic rings. The molecule has 14 heteroatoms. The van der Waals surface area contributed by atoms with Crippen molar-refractivity contribution in [1.82, 2.24) is 5.32 Å². The molecule has 0 fully saturated rings. The van der Waals surface area contributed by atoms with Crippen LogP contribution in [0, 0.1) is 0 Å². The highest BCUT2D eigenvalue weighted by Crippen LogP contribution is 2.19. The van der Waals surface area contributed by atoms with Crippen molar-refractivity contribution in [2.24, 2.45) is 15.0 Å². The summed E-state index contributed by atoms with van der Waals surface area (Å²) in [4.78, 5) is 91.8. The van der Waals surface area contributed by atoms with Crippen LogP contribution in [0.15, 0.2) is 87.8 Å². The quantitative estimate of drug-likeness (QED) is 0.0471. The normalized spacial score (nSPS) is 10.7. The van der Waals surface area contributed by atoms with Crippen LogP contribution >= 0.6 is 0 Å². The predicted octanol–water partition coefficient (Wildman–Crippen LogP) is 5.74. The second-order valence-electron chi connectivity index (χ2n) is 11.0. The van der Waals surface area contributed by atoms with Crippen molar-refractivity contribution in [2.45, 2.75) is 63.8 Å². The molecule has 0 spiro atoms. The number of rotatable bonds is 21. The number of benzene rings is 3. The summed E-state index contributed by atoms with van der Waals surface area (Å²) in [5, 5.41) is 2.75. The Kier molecular flexibility index (Phi) is 17.1. The molecule has 1 N–H and O–H groups in total. The van der Waals surface area contributed by atoms with Crippen LogP contribution in [-0.2, 0) is 44.7 Å². The number of aliphatic imine (C=N–C) groups is 3. The van der Waals surface area contributed by atoms with E-state index in [1.54, 1.807) is 24.3 Å². The molecule has 0 bridgehead atoms. The van der Waals surface area contributed by atoms with Crippen LogP contribution in [0.3, 0.4) is 0 Å². The second kappa shape index (κ2) is 22.3. The molecule has 0 radical (unpaired) electrons. The fraction of sp³-hybridized carbons (Fsp3) is 0.324. The molecule has 1 atom stereocenters. The molecular weight excluding hydrogens is 660 g/mol. The Morgan fingerprint density at radius 2 is 1.12 bits per heavy atom. The average molecular weight is 697 g/mol. The van der Waals surface area contributed by atoms with Gasteiger partial charge in [-0.25, -0.2) is 24.0 Å². The molecule has 0 saturated heterocycles. The van der Waals surface area contributed by atoms with Gasteiger partial charge in [-0.15, -0.1) is 0 Å². The Morgan fingerprint density at radius 1 is 0.608 bits per heavy atom. The van der Waals surface area contributed by atoms with Gasteiger partial charge in [0.15, 0.2) is 0 Å². The first-order chi connectivity index (χ1) is 24.8. The maximum atomic E-state index is 13.0. The lowest BCUT2D eigenvalue weighted by molar-refractivity contribution is -0.148. The first-order valence-electron chi connectivity index (χ1n) is 16.2. The van der Waals surface area contributed by atoms with Gasteiger partial charge in [0.2, 0.25) is 24.1 Å². The predicted molar refractivity (Wildman–Crippen MR) is 182 cm³/mol. The fourth-order valence-electron chi connectivity index (χ4n) is 4.64. The van der Waals surface area contributed by atoms with Crippen molar-refractivity contribution in [3.05, 3.63) is 83.9 Å². The first-order valence-corrected chi connectivity index (χ1v) is 16.2. The van der Waals surface area contributed by atoms with Gasteiger partial charge in [-0.05, 0) is 105 Å². The summed E-state index contributed by atoms with van der Waals surface area (Å²) in [7, 11) is 0. The summed E-state index contributed by atoms with van der Waals surface area (Å²) in [5.74, 6) is -1.58. The number of nitrogens with one attached hydrogen (secondary N) is 1. The number of carbonyl (C=O) groups excluding carboxylic acids is 7. The van der Waals surface area contributed by atoms with Gasteiger partial charge in [-0.3, -0.25) is 9.59 Å². The first kappa shape index (κ1) is 39.1. The van der Waals surface area contributed by atoms with Crippen molar-refractivity contribution < 1.29 is 47.8 Å². The lowest BCUT2D eigenvalue weighted by atomic mass is 10.0. The van der Waals surface area contributed by atoms with E-state index in [1.807, 2.05) is 0 Å². The molecule has 3 aromatic rings. The third-order valence-electron chi connectivity index (χ3n) is 7.24. The molecule has 0 aliphatic heterocycles. The topological polar surface area (TPSA) is 196 Å². The third-order valence-corrected chi connectivity index (χ3v) is 7.24. The van der Waals surface area contributed by atoms with E-state index in [-0.39, 0.29) is 38.4 Å². The lowest BCUT2D eigenvalue weighted by Gasteiger charge is -2.18. The Balaban J connectivity index is 1.40. The van der Waals surface area contributed by atoms with E-state index >= 15 is 0 Å². The smallest absolute Gasteiger partial charge is 0.338 e. The van der Waals surface area contributed by atoms with Crippen LogP contribution in [0.5, 0.6) is 5.75 Å². The van der Waals surface area contributed by atoms with Gasteiger partial charge in [0.05, 0.1) is 35.8 Å². The van der Waals surface area contributed by atoms with Crippen molar-refractivity contribution in [1.29, 1.82) is 0 Å². The maximum Gasteiger partial charge on any atom is 0.338 e. The molecule has 0 aliphatic carbocycles. The monoisotopic (exact) mass is 696 g/mol. The molecule has 1 unspecified atom stereocenters. The summed E-state index contributed by atoms with van der Waals surface area (Å²) >= 11 is 0. The number of nitrogens with zero attached hydrogens (tertiary/aromatic N) is 3. The van der Waals surface area contributed by atoms with Gasteiger partial charge in [0.25, 0.3) is 0 Å². The SMILES string of the molecule is O=C=Nc1ccc(CC(NC(=O)CCCCCOC(=O)c2ccc(N=C=O)cc2)C(=O)OCCCCCC(=O)Oc2ccc(N=C=O)cc2)cc1. The van der Waals surface area contributed by atoms with Crippen LogP contribution < -0.4 is 10.1 Å². The maximum absolute atomic E-state index is 13.0. The van der Waals surface area contributed by atoms with Gasteiger partial charge >= 0.3 is 17.9 Å². The molecule has 3 aromatic carbocycles. The van der Waals surface area contributed by atoms with Gasteiger partial charge in [0.1, 0.15) is 11.8 Å². The summed E-state index contributed by atoms with van der Waals surface area (Å²) in [5.41, 5.74) is 2.19. The zero-order valence-electron chi connectivity index (χ0n) is 27.7. The molecular formula is C37H36N4O10. The number of hydrogen-bond donors (Lipinski definition) is 1. The van der Waals surface area contributed by atoms with E-state index in [0.29, 0.717) is 72.5 Å². The molecule has 3 rings (SSSR count). The van der Waals surface area contributed by atoms with Crippen LogP contribution in [0.2, 0.25) is 0 Å². The van der Waals surface area contributed by atoms with Gasteiger partial charge in [0, 0.05) is 19.3 Å². The second-order valence-corrected chi connectivity index (χ2v) is 11.0. The Bertz CT molecular complexity index is 1760. The van der Waals surface area contributed by atoms with Crippen molar-refractivity contribution in [3.8, 4) is 5.75 Å². The molecule has 14 nitrogen and oxygen atoms in total. The Hall–Kier alpha value is -6.32. The van der Waals surface area contributed by atoms with E-state index in [1.165, 1.54) is 66.8 Å². The summed E-state index contributed by atoms with van der Waals surface area (Å²) < 4.78 is 16.0. The molecule has 264 valence electrons. The highest BCUT2D eigenvalue weighted by atomic mass is 16.5. The van der Waals surface area contributed by atoms with Crippen LogP contribution in [-0.4, -0.2) is 61.3 Å². The van der Waals surface area contributed by atoms with E-state index in [0.717, 1.165) is 0 Å². The minimum Gasteiger partial charge on any atom is -0.464 e. The molecule has 1 amide bonds. The van der Waals surface area contributed by atoms with Gasteiger partial charge in [-0.1, -0.05) is 12.1 Å². The molecule has 0 saturated carbocycles. The van der Waals surface area contributed by atoms with E-state index in [2.05, 4.69) is 20.3 Å². The van der Waals surface area contributed by atoms with Crippen LogP contribution in [0.4, 0.5) is 17.1 Å². The largest absolute Gasteiger partial charge is 0.464 e. The van der Waals surface area contributed by atoms with Crippen molar-refractivity contribution in [3.63, 3.8) is 0 Å². The Morgan fingerprint density at radius 3 is 1.69 bits per heavy atom. The minimum atomic E-state index is -0.971. The summed E-state index contributed by atoms with van der Waals surface area (Å²) in [6.07, 6.45) is 7.94. The highest BCUT2D eigenvalue weighted by Gasteiger charge is 2.23. The van der Waals surface area contributed by atoms with Crippen LogP contribution in [0.1, 0.15) is 67.3 Å². The number of isocyanates is 3. The number of hydrogen-bond acceptors (Lipinski definition) is 13. The summed E-state index contributed by atoms with van der Waals surface area (Å²) in [6, 6.07) is 17.7.